The van der Waals surface area contributed by atoms with Crippen LogP contribution in [0.4, 0.5) is 0 Å². The molecule has 0 aliphatic carbocycles. The van der Waals surface area contributed by atoms with Crippen LogP contribution in [0, 0.1) is 0 Å². The second kappa shape index (κ2) is 4.91. The number of carbonyl (C=O) groups excluding carboxylic acids is 1. The molecule has 0 spiro atoms. The highest BCUT2D eigenvalue weighted by Crippen LogP contribution is 2.23. The predicted octanol–water partition coefficient (Wildman–Crippen LogP) is 2.99. The zero-order valence-electron chi connectivity index (χ0n) is 9.29. The Morgan fingerprint density at radius 2 is 2.28 bits per heavy atom. The Balaban J connectivity index is 1.80. The van der Waals surface area contributed by atoms with Crippen LogP contribution in [-0.2, 0) is 0 Å². The predicted molar refractivity (Wildman–Crippen MR) is 73.3 cm³/mol. The molecule has 18 heavy (non-hydrogen) atoms. The molecule has 0 radical (unpaired) electrons. The third kappa shape index (κ3) is 2.16. The fourth-order valence-corrected chi connectivity index (χ4v) is 3.06. The molecule has 1 aromatic carbocycles. The van der Waals surface area contributed by atoms with Crippen molar-refractivity contribution in [2.45, 2.75) is 4.34 Å². The van der Waals surface area contributed by atoms with Crippen molar-refractivity contribution in [3.05, 3.63) is 42.4 Å². The van der Waals surface area contributed by atoms with Crippen molar-refractivity contribution in [3.63, 3.8) is 0 Å². The van der Waals surface area contributed by atoms with Gasteiger partial charge in [0.05, 0.1) is 5.75 Å². The molecule has 0 fully saturated rings. The molecule has 0 atom stereocenters. The number of Topliss-reactive ketones (excluding diaryl/α,β-unsaturated/α-hetero) is 1. The van der Waals surface area contributed by atoms with E-state index in [1.54, 1.807) is 6.20 Å². The first-order valence-electron chi connectivity index (χ1n) is 5.33. The van der Waals surface area contributed by atoms with Gasteiger partial charge in [-0.2, -0.15) is 4.37 Å². The lowest BCUT2D eigenvalue weighted by Gasteiger charge is -1.97. The molecule has 4 nitrogen and oxygen atoms in total. The van der Waals surface area contributed by atoms with Gasteiger partial charge in [-0.05, 0) is 17.6 Å². The van der Waals surface area contributed by atoms with Crippen LogP contribution in [0.15, 0.2) is 41.1 Å². The van der Waals surface area contributed by atoms with Gasteiger partial charge in [0.15, 0.2) is 10.1 Å². The summed E-state index contributed by atoms with van der Waals surface area (Å²) in [5.41, 5.74) is 1.73. The van der Waals surface area contributed by atoms with Gasteiger partial charge in [-0.25, -0.2) is 4.98 Å². The molecule has 3 aromatic rings. The van der Waals surface area contributed by atoms with E-state index in [2.05, 4.69) is 14.3 Å². The second-order valence-corrected chi connectivity index (χ2v) is 5.67. The number of carbonyl (C=O) groups is 1. The summed E-state index contributed by atoms with van der Waals surface area (Å²) < 4.78 is 4.73. The number of aromatic nitrogens is 3. The molecule has 6 heteroatoms. The molecule has 0 amide bonds. The maximum absolute atomic E-state index is 12.1. The Bertz CT molecular complexity index is 676. The summed E-state index contributed by atoms with van der Waals surface area (Å²) in [5, 5.41) is 0.973. The number of thioether (sulfide) groups is 1. The lowest BCUT2D eigenvalue weighted by Crippen LogP contribution is -2.00. The fraction of sp³-hybridized carbons (Fsp3) is 0.0833. The molecule has 0 unspecified atom stereocenters. The van der Waals surface area contributed by atoms with Crippen LogP contribution in [0.1, 0.15) is 10.4 Å². The largest absolute Gasteiger partial charge is 0.360 e. The molecule has 0 aliphatic heterocycles. The van der Waals surface area contributed by atoms with Gasteiger partial charge >= 0.3 is 0 Å². The molecule has 0 aliphatic rings. The molecule has 2 aromatic heterocycles. The van der Waals surface area contributed by atoms with Crippen molar-refractivity contribution in [1.29, 1.82) is 0 Å². The zero-order valence-corrected chi connectivity index (χ0v) is 10.9. The van der Waals surface area contributed by atoms with Gasteiger partial charge in [0, 0.05) is 22.7 Å². The molecular formula is C12H9N3OS2. The number of aromatic amines is 1. The Morgan fingerprint density at radius 1 is 1.39 bits per heavy atom. The number of rotatable bonds is 4. The third-order valence-electron chi connectivity index (χ3n) is 2.56. The number of H-pyrrole nitrogens is 1. The van der Waals surface area contributed by atoms with Gasteiger partial charge < -0.3 is 4.98 Å². The molecule has 0 bridgehead atoms. The maximum atomic E-state index is 12.1. The minimum atomic E-state index is 0.104. The van der Waals surface area contributed by atoms with E-state index in [4.69, 9.17) is 0 Å². The normalized spacial score (nSPS) is 10.9. The molecule has 90 valence electrons. The molecule has 2 heterocycles. The van der Waals surface area contributed by atoms with Gasteiger partial charge in [-0.15, -0.1) is 0 Å². The van der Waals surface area contributed by atoms with Crippen LogP contribution >= 0.6 is 23.3 Å². The minimum Gasteiger partial charge on any atom is -0.360 e. The number of nitrogens with zero attached hydrogens (tertiary/aromatic N) is 2. The Hall–Kier alpha value is -1.66. The van der Waals surface area contributed by atoms with E-state index in [9.17, 15) is 4.79 Å². The lowest BCUT2D eigenvalue weighted by atomic mass is 10.1. The first-order chi connectivity index (χ1) is 8.84. The van der Waals surface area contributed by atoms with Crippen molar-refractivity contribution in [3.8, 4) is 0 Å². The molecule has 1 N–H and O–H groups in total. The number of para-hydroxylation sites is 1. The standard InChI is InChI=1S/C12H9N3OS2/c16-11(6-17-12-14-7-15-18-12)9-5-13-10-4-2-1-3-8(9)10/h1-5,7,13H,6H2. The van der Waals surface area contributed by atoms with E-state index in [0.29, 0.717) is 5.75 Å². The average Bonchev–Trinajstić information content (AvgIpc) is 3.05. The van der Waals surface area contributed by atoms with E-state index < -0.39 is 0 Å². The molecule has 0 saturated carbocycles. The van der Waals surface area contributed by atoms with Crippen molar-refractivity contribution < 1.29 is 4.79 Å². The summed E-state index contributed by atoms with van der Waals surface area (Å²) in [7, 11) is 0. The molecular weight excluding hydrogens is 266 g/mol. The summed E-state index contributed by atoms with van der Waals surface area (Å²) in [4.78, 5) is 19.3. The van der Waals surface area contributed by atoms with Crippen molar-refractivity contribution >= 4 is 40.0 Å². The lowest BCUT2D eigenvalue weighted by molar-refractivity contribution is 0.102. The topological polar surface area (TPSA) is 58.6 Å². The van der Waals surface area contributed by atoms with Crippen molar-refractivity contribution in [2.75, 3.05) is 5.75 Å². The third-order valence-corrected chi connectivity index (χ3v) is 4.35. The number of nitrogens with one attached hydrogen (secondary N) is 1. The van der Waals surface area contributed by atoms with Crippen molar-refractivity contribution in [2.24, 2.45) is 0 Å². The van der Waals surface area contributed by atoms with E-state index in [0.717, 1.165) is 20.8 Å². The summed E-state index contributed by atoms with van der Waals surface area (Å²) in [6, 6.07) is 7.80. The first kappa shape index (κ1) is 11.4. The fourth-order valence-electron chi connectivity index (χ4n) is 1.73. The smallest absolute Gasteiger partial charge is 0.175 e. The number of benzene rings is 1. The Morgan fingerprint density at radius 3 is 3.11 bits per heavy atom. The molecule has 3 rings (SSSR count). The summed E-state index contributed by atoms with van der Waals surface area (Å²) in [6.45, 7) is 0. The first-order valence-corrected chi connectivity index (χ1v) is 7.09. The van der Waals surface area contributed by atoms with Gasteiger partial charge in [0.1, 0.15) is 6.33 Å². The van der Waals surface area contributed by atoms with Crippen LogP contribution in [0.25, 0.3) is 10.9 Å². The number of fused-ring (bicyclic) bond motifs is 1. The van der Waals surface area contributed by atoms with E-state index in [-0.39, 0.29) is 5.78 Å². The monoisotopic (exact) mass is 275 g/mol. The Kier molecular flexibility index (Phi) is 3.12. The van der Waals surface area contributed by atoms with Gasteiger partial charge in [0.2, 0.25) is 0 Å². The maximum Gasteiger partial charge on any atom is 0.175 e. The summed E-state index contributed by atoms with van der Waals surface area (Å²) in [5.74, 6) is 0.490. The van der Waals surface area contributed by atoms with Crippen molar-refractivity contribution in [1.82, 2.24) is 14.3 Å². The highest BCUT2D eigenvalue weighted by atomic mass is 32.2. The van der Waals surface area contributed by atoms with Crippen LogP contribution in [-0.4, -0.2) is 25.9 Å². The van der Waals surface area contributed by atoms with Crippen LogP contribution in [0.2, 0.25) is 0 Å². The van der Waals surface area contributed by atoms with E-state index >= 15 is 0 Å². The number of hydrogen-bond donors (Lipinski definition) is 1. The number of hydrogen-bond acceptors (Lipinski definition) is 5. The summed E-state index contributed by atoms with van der Waals surface area (Å²) in [6.07, 6.45) is 3.27. The summed E-state index contributed by atoms with van der Waals surface area (Å²) >= 11 is 2.73. The Labute approximate surface area is 112 Å². The van der Waals surface area contributed by atoms with Crippen LogP contribution in [0.5, 0.6) is 0 Å². The SMILES string of the molecule is O=C(CSc1ncns1)c1c[nH]c2ccccc12. The quantitative estimate of drug-likeness (QED) is 0.587. The zero-order chi connectivity index (χ0) is 12.4. The highest BCUT2D eigenvalue weighted by molar-refractivity contribution is 8.01. The van der Waals surface area contributed by atoms with E-state index in [1.165, 1.54) is 29.6 Å². The molecule has 0 saturated heterocycles. The van der Waals surface area contributed by atoms with Gasteiger partial charge in [-0.1, -0.05) is 30.0 Å². The van der Waals surface area contributed by atoms with E-state index in [1.807, 2.05) is 24.3 Å². The van der Waals surface area contributed by atoms with Gasteiger partial charge in [-0.3, -0.25) is 4.79 Å². The number of ketones is 1. The van der Waals surface area contributed by atoms with Gasteiger partial charge in [0.25, 0.3) is 0 Å². The van der Waals surface area contributed by atoms with Crippen LogP contribution < -0.4 is 0 Å². The minimum absolute atomic E-state index is 0.104. The average molecular weight is 275 g/mol. The van der Waals surface area contributed by atoms with Crippen LogP contribution in [0.3, 0.4) is 0 Å². The second-order valence-electron chi connectivity index (χ2n) is 3.67. The highest BCUT2D eigenvalue weighted by Gasteiger charge is 2.12.